The minimum absolute atomic E-state index is 0.310. The molecule has 0 saturated carbocycles. The molecule has 2 aromatic carbocycles. The molecule has 0 radical (unpaired) electrons. The quantitative estimate of drug-likeness (QED) is 0.510. The number of amides is 2. The Kier molecular flexibility index (Phi) is 3.76. The van der Waals surface area contributed by atoms with E-state index in [1.165, 1.54) is 0 Å². The van der Waals surface area contributed by atoms with Gasteiger partial charge in [-0.2, -0.15) is 0 Å². The Hall–Kier alpha value is -3.64. The lowest BCUT2D eigenvalue weighted by Crippen LogP contribution is -2.24. The normalized spacial score (nSPS) is 15.5. The van der Waals surface area contributed by atoms with Crippen LogP contribution in [-0.4, -0.2) is 46.9 Å². The molecule has 6 nitrogen and oxygen atoms in total. The molecule has 0 fully saturated rings. The van der Waals surface area contributed by atoms with Crippen LogP contribution in [0.4, 0.5) is 0 Å². The molecular weight excluding hydrogens is 388 g/mol. The number of hydrogen-bond donors (Lipinski definition) is 2. The van der Waals surface area contributed by atoms with Crippen LogP contribution in [0.2, 0.25) is 0 Å². The number of nitrogens with one attached hydrogen (secondary N) is 2. The molecule has 2 aromatic heterocycles. The average molecular weight is 410 g/mol. The maximum absolute atomic E-state index is 13.1. The maximum Gasteiger partial charge on any atom is 0.259 e. The highest BCUT2D eigenvalue weighted by Crippen LogP contribution is 2.45. The first kappa shape index (κ1) is 18.2. The van der Waals surface area contributed by atoms with Crippen LogP contribution < -0.4 is 5.32 Å². The highest BCUT2D eigenvalue weighted by atomic mass is 16.2. The van der Waals surface area contributed by atoms with Gasteiger partial charge in [-0.05, 0) is 26.2 Å². The second-order valence-corrected chi connectivity index (χ2v) is 8.53. The van der Waals surface area contributed by atoms with Crippen molar-refractivity contribution >= 4 is 44.8 Å². The third-order valence-corrected chi connectivity index (χ3v) is 6.41. The van der Waals surface area contributed by atoms with Crippen molar-refractivity contribution in [3.05, 3.63) is 71.0 Å². The second kappa shape index (κ2) is 6.43. The van der Waals surface area contributed by atoms with Gasteiger partial charge in [0.2, 0.25) is 0 Å². The molecule has 4 aromatic rings. The van der Waals surface area contributed by atoms with Crippen molar-refractivity contribution in [2.45, 2.75) is 13.0 Å². The van der Waals surface area contributed by atoms with Crippen molar-refractivity contribution < 1.29 is 9.59 Å². The van der Waals surface area contributed by atoms with Gasteiger partial charge in [0.1, 0.15) is 0 Å². The molecule has 0 unspecified atom stereocenters. The second-order valence-electron chi connectivity index (χ2n) is 8.53. The number of para-hydroxylation sites is 2. The largest absolute Gasteiger partial charge is 0.358 e. The van der Waals surface area contributed by atoms with E-state index < -0.39 is 0 Å². The molecule has 6 heteroatoms. The zero-order valence-corrected chi connectivity index (χ0v) is 17.5. The molecule has 2 aliphatic rings. The number of nitrogens with zero attached hydrogens (tertiary/aromatic N) is 2. The molecule has 1 aliphatic carbocycles. The lowest BCUT2D eigenvalue weighted by molar-refractivity contribution is -0.122. The Bertz CT molecular complexity index is 1450. The van der Waals surface area contributed by atoms with Gasteiger partial charge in [-0.3, -0.25) is 14.9 Å². The Labute approximate surface area is 179 Å². The van der Waals surface area contributed by atoms with E-state index in [9.17, 15) is 9.59 Å². The summed E-state index contributed by atoms with van der Waals surface area (Å²) in [5, 5.41) is 4.56. The number of carbonyl (C=O) groups is 2. The van der Waals surface area contributed by atoms with Crippen molar-refractivity contribution in [3.63, 3.8) is 0 Å². The predicted octanol–water partition coefficient (Wildman–Crippen LogP) is 3.16. The van der Waals surface area contributed by atoms with E-state index in [0.717, 1.165) is 57.4 Å². The van der Waals surface area contributed by atoms with Crippen LogP contribution in [-0.2, 0) is 22.6 Å². The number of benzene rings is 2. The smallest absolute Gasteiger partial charge is 0.259 e. The molecule has 2 N–H and O–H groups in total. The van der Waals surface area contributed by atoms with Gasteiger partial charge in [0, 0.05) is 63.8 Å². The summed E-state index contributed by atoms with van der Waals surface area (Å²) < 4.78 is 2.31. The molecule has 31 heavy (non-hydrogen) atoms. The number of H-pyrrole nitrogens is 1. The van der Waals surface area contributed by atoms with Crippen molar-refractivity contribution in [2.75, 3.05) is 20.6 Å². The number of aromatic nitrogens is 2. The molecule has 0 spiro atoms. The molecular formula is C25H22N4O2. The molecule has 1 aliphatic heterocycles. The van der Waals surface area contributed by atoms with Crippen LogP contribution in [0.25, 0.3) is 33.0 Å². The van der Waals surface area contributed by atoms with E-state index in [1.54, 1.807) is 0 Å². The van der Waals surface area contributed by atoms with Gasteiger partial charge in [-0.15, -0.1) is 0 Å². The third kappa shape index (κ3) is 2.48. The summed E-state index contributed by atoms with van der Waals surface area (Å²) in [6.07, 6.45) is 0.634. The number of fused-ring (bicyclic) bond motifs is 8. The van der Waals surface area contributed by atoms with Crippen LogP contribution in [0, 0.1) is 0 Å². The Balaban J connectivity index is 1.74. The minimum atomic E-state index is -0.316. The fourth-order valence-corrected chi connectivity index (χ4v) is 5.09. The van der Waals surface area contributed by atoms with Crippen molar-refractivity contribution in [3.8, 4) is 0 Å². The van der Waals surface area contributed by atoms with E-state index in [1.807, 2.05) is 36.4 Å². The number of hydrogen-bond acceptors (Lipinski definition) is 3. The monoisotopic (exact) mass is 410 g/mol. The highest BCUT2D eigenvalue weighted by Gasteiger charge is 2.40. The van der Waals surface area contributed by atoms with Gasteiger partial charge in [-0.1, -0.05) is 36.4 Å². The van der Waals surface area contributed by atoms with E-state index in [-0.39, 0.29) is 11.8 Å². The zero-order valence-electron chi connectivity index (χ0n) is 17.5. The van der Waals surface area contributed by atoms with Crippen LogP contribution in [0.1, 0.15) is 22.5 Å². The summed E-state index contributed by atoms with van der Waals surface area (Å²) in [5.41, 5.74) is 6.86. The minimum Gasteiger partial charge on any atom is -0.358 e. The van der Waals surface area contributed by atoms with Gasteiger partial charge < -0.3 is 14.5 Å². The number of rotatable bonds is 3. The van der Waals surface area contributed by atoms with E-state index in [2.05, 4.69) is 46.0 Å². The number of likely N-dealkylation sites (N-methyl/N-ethyl adjacent to an activating group) is 1. The van der Waals surface area contributed by atoms with E-state index in [0.29, 0.717) is 17.6 Å². The molecule has 0 atom stereocenters. The molecule has 6 rings (SSSR count). The molecule has 0 bridgehead atoms. The summed E-state index contributed by atoms with van der Waals surface area (Å²) in [6, 6.07) is 16.1. The van der Waals surface area contributed by atoms with E-state index in [4.69, 9.17) is 0 Å². The summed E-state index contributed by atoms with van der Waals surface area (Å²) in [7, 11) is 4.12. The van der Waals surface area contributed by atoms with Crippen LogP contribution >= 0.6 is 0 Å². The zero-order chi connectivity index (χ0) is 21.3. The van der Waals surface area contributed by atoms with Gasteiger partial charge in [0.15, 0.2) is 0 Å². The van der Waals surface area contributed by atoms with Crippen LogP contribution in [0.3, 0.4) is 0 Å². The van der Waals surface area contributed by atoms with Crippen molar-refractivity contribution in [2.24, 2.45) is 0 Å². The Morgan fingerprint density at radius 3 is 2.35 bits per heavy atom. The van der Waals surface area contributed by atoms with Crippen LogP contribution in [0.15, 0.2) is 48.5 Å². The van der Waals surface area contributed by atoms with Gasteiger partial charge in [0.05, 0.1) is 11.1 Å². The topological polar surface area (TPSA) is 70.1 Å². The van der Waals surface area contributed by atoms with E-state index >= 15 is 0 Å². The first-order valence-corrected chi connectivity index (χ1v) is 10.5. The Morgan fingerprint density at radius 1 is 0.903 bits per heavy atom. The number of carbonyl (C=O) groups excluding carboxylic acids is 2. The van der Waals surface area contributed by atoms with Crippen molar-refractivity contribution in [1.29, 1.82) is 0 Å². The summed E-state index contributed by atoms with van der Waals surface area (Å²) in [6.45, 7) is 1.68. The summed E-state index contributed by atoms with van der Waals surface area (Å²) in [5.74, 6) is -0.626. The van der Waals surface area contributed by atoms with Gasteiger partial charge in [0.25, 0.3) is 11.8 Å². The molecule has 2 amide bonds. The summed E-state index contributed by atoms with van der Waals surface area (Å²) in [4.78, 5) is 31.8. The number of imide groups is 1. The fourth-order valence-electron chi connectivity index (χ4n) is 5.09. The predicted molar refractivity (Wildman–Crippen MR) is 122 cm³/mol. The van der Waals surface area contributed by atoms with Crippen LogP contribution in [0.5, 0.6) is 0 Å². The highest BCUT2D eigenvalue weighted by molar-refractivity contribution is 6.51. The van der Waals surface area contributed by atoms with Gasteiger partial charge >= 0.3 is 0 Å². The van der Waals surface area contributed by atoms with Crippen molar-refractivity contribution in [1.82, 2.24) is 19.8 Å². The molecule has 154 valence electrons. The standard InChI is InChI=1S/C25H22N4O2/c1-28(2)11-12-29-18-10-6-4-8-15(18)21-19(29)13-17-20(14-7-3-5-9-16(14)26-17)22-23(21)25(31)27-24(22)30/h3-10,26H,11-13H2,1-2H3,(H,27,30,31). The lowest BCUT2D eigenvalue weighted by atomic mass is 9.95. The first-order chi connectivity index (χ1) is 15.0. The first-order valence-electron chi connectivity index (χ1n) is 10.5. The molecule has 0 saturated heterocycles. The van der Waals surface area contributed by atoms with Gasteiger partial charge in [-0.25, -0.2) is 0 Å². The fraction of sp³-hybridized carbons (Fsp3) is 0.200. The summed E-state index contributed by atoms with van der Waals surface area (Å²) >= 11 is 0. The Morgan fingerprint density at radius 2 is 1.58 bits per heavy atom. The maximum atomic E-state index is 13.1. The average Bonchev–Trinajstić information content (AvgIpc) is 3.31. The molecule has 3 heterocycles. The SMILES string of the molecule is CN(C)CCn1c2c(c3ccccc31)C1=C(C(=O)NC1=O)c1c([nH]c3ccccc13)C2. The third-order valence-electron chi connectivity index (χ3n) is 6.41. The lowest BCUT2D eigenvalue weighted by Gasteiger charge is -2.15. The number of aromatic amines is 1.